The van der Waals surface area contributed by atoms with Gasteiger partial charge in [-0.25, -0.2) is 0 Å². The van der Waals surface area contributed by atoms with Gasteiger partial charge in [-0.05, 0) is 48.6 Å². The topological polar surface area (TPSA) is 9.23 Å². The Labute approximate surface area is 80.7 Å². The number of rotatable bonds is 2. The highest BCUT2D eigenvalue weighted by molar-refractivity contribution is 5.42. The van der Waals surface area contributed by atoms with Crippen molar-refractivity contribution in [2.75, 3.05) is 7.11 Å². The number of hydrogen-bond donors (Lipinski definition) is 0. The van der Waals surface area contributed by atoms with Crippen LogP contribution < -0.4 is 4.74 Å². The normalized spacial score (nSPS) is 10.6. The minimum absolute atomic E-state index is 0.564. The maximum atomic E-state index is 5.24. The van der Waals surface area contributed by atoms with Crippen molar-refractivity contribution in [3.05, 3.63) is 28.8 Å². The van der Waals surface area contributed by atoms with E-state index >= 15 is 0 Å². The predicted octanol–water partition coefficient (Wildman–Crippen LogP) is 3.44. The summed E-state index contributed by atoms with van der Waals surface area (Å²) in [7, 11) is 1.72. The van der Waals surface area contributed by atoms with Crippen molar-refractivity contribution in [1.29, 1.82) is 0 Å². The van der Waals surface area contributed by atoms with Crippen LogP contribution in [0.1, 0.15) is 36.5 Å². The van der Waals surface area contributed by atoms with Gasteiger partial charge in [0.2, 0.25) is 0 Å². The van der Waals surface area contributed by atoms with Gasteiger partial charge >= 0.3 is 0 Å². The van der Waals surface area contributed by atoms with Crippen molar-refractivity contribution in [1.82, 2.24) is 0 Å². The van der Waals surface area contributed by atoms with Crippen LogP contribution in [0.5, 0.6) is 5.75 Å². The van der Waals surface area contributed by atoms with Crippen molar-refractivity contribution in [2.45, 2.75) is 33.6 Å². The number of ether oxygens (including phenoxy) is 1. The third-order valence-corrected chi connectivity index (χ3v) is 2.54. The van der Waals surface area contributed by atoms with Crippen LogP contribution in [0.4, 0.5) is 0 Å². The first kappa shape index (κ1) is 10.1. The van der Waals surface area contributed by atoms with E-state index in [9.17, 15) is 0 Å². The highest BCUT2D eigenvalue weighted by Gasteiger charge is 2.07. The molecule has 0 atom stereocenters. The fourth-order valence-corrected chi connectivity index (χ4v) is 1.57. The lowest BCUT2D eigenvalue weighted by Crippen LogP contribution is -1.96. The van der Waals surface area contributed by atoms with Crippen LogP contribution in [-0.4, -0.2) is 7.11 Å². The molecule has 0 unspecified atom stereocenters. The Hall–Kier alpha value is -0.980. The van der Waals surface area contributed by atoms with Crippen molar-refractivity contribution in [3.8, 4) is 5.75 Å². The molecule has 0 aliphatic rings. The Morgan fingerprint density at radius 1 is 1.15 bits per heavy atom. The lowest BCUT2D eigenvalue weighted by atomic mass is 9.94. The van der Waals surface area contributed by atoms with E-state index in [4.69, 9.17) is 4.74 Å². The fraction of sp³-hybridized carbons (Fsp3) is 0.500. The zero-order valence-electron chi connectivity index (χ0n) is 9.14. The van der Waals surface area contributed by atoms with Gasteiger partial charge in [-0.15, -0.1) is 0 Å². The van der Waals surface area contributed by atoms with Crippen LogP contribution in [0.2, 0.25) is 0 Å². The highest BCUT2D eigenvalue weighted by Crippen LogP contribution is 2.26. The third kappa shape index (κ3) is 2.03. The number of benzene rings is 1. The Morgan fingerprint density at radius 3 is 2.23 bits per heavy atom. The molecule has 1 rings (SSSR count). The summed E-state index contributed by atoms with van der Waals surface area (Å²) in [6, 6.07) is 4.22. The third-order valence-electron chi connectivity index (χ3n) is 2.54. The summed E-state index contributed by atoms with van der Waals surface area (Å²) >= 11 is 0. The average Bonchev–Trinajstić information content (AvgIpc) is 2.09. The van der Waals surface area contributed by atoms with Crippen LogP contribution in [0.25, 0.3) is 0 Å². The minimum atomic E-state index is 0.564. The van der Waals surface area contributed by atoms with Crippen molar-refractivity contribution in [2.24, 2.45) is 0 Å². The number of aryl methyl sites for hydroxylation is 1. The summed E-state index contributed by atoms with van der Waals surface area (Å²) in [5.74, 6) is 1.53. The second kappa shape index (κ2) is 3.82. The van der Waals surface area contributed by atoms with Crippen molar-refractivity contribution < 1.29 is 4.74 Å². The molecule has 0 bridgehead atoms. The molecule has 1 heteroatoms. The van der Waals surface area contributed by atoms with E-state index in [-0.39, 0.29) is 0 Å². The van der Waals surface area contributed by atoms with Gasteiger partial charge in [0, 0.05) is 0 Å². The van der Waals surface area contributed by atoms with Gasteiger partial charge in [-0.2, -0.15) is 0 Å². The van der Waals surface area contributed by atoms with E-state index in [1.54, 1.807) is 7.11 Å². The van der Waals surface area contributed by atoms with Crippen LogP contribution in [0.15, 0.2) is 12.1 Å². The molecule has 0 radical (unpaired) electrons. The standard InChI is InChI=1S/C12H18O/c1-8(2)12-7-11(13-5)6-9(3)10(12)4/h6-8H,1-5H3. The van der Waals surface area contributed by atoms with Gasteiger partial charge in [0.25, 0.3) is 0 Å². The SMILES string of the molecule is COc1cc(C)c(C)c(C(C)C)c1. The number of methoxy groups -OCH3 is 1. The van der Waals surface area contributed by atoms with E-state index in [1.165, 1.54) is 16.7 Å². The second-order valence-electron chi connectivity index (χ2n) is 3.81. The van der Waals surface area contributed by atoms with Gasteiger partial charge in [0.1, 0.15) is 5.75 Å². The smallest absolute Gasteiger partial charge is 0.119 e. The predicted molar refractivity (Wildman–Crippen MR) is 56.6 cm³/mol. The van der Waals surface area contributed by atoms with E-state index in [2.05, 4.69) is 39.8 Å². The molecule has 72 valence electrons. The summed E-state index contributed by atoms with van der Waals surface area (Å²) in [6.07, 6.45) is 0. The molecule has 0 fully saturated rings. The van der Waals surface area contributed by atoms with Gasteiger partial charge in [0.05, 0.1) is 7.11 Å². The molecule has 1 aromatic carbocycles. The molecule has 0 saturated carbocycles. The molecule has 0 aliphatic heterocycles. The molecule has 0 spiro atoms. The van der Waals surface area contributed by atoms with Crippen LogP contribution in [0.3, 0.4) is 0 Å². The Balaban J connectivity index is 3.25. The lowest BCUT2D eigenvalue weighted by Gasteiger charge is -2.14. The second-order valence-corrected chi connectivity index (χ2v) is 3.81. The maximum absolute atomic E-state index is 5.24. The molecule has 1 aromatic rings. The van der Waals surface area contributed by atoms with Crippen LogP contribution in [-0.2, 0) is 0 Å². The molecule has 1 nitrogen and oxygen atoms in total. The quantitative estimate of drug-likeness (QED) is 0.674. The molecular formula is C12H18O. The first-order valence-electron chi connectivity index (χ1n) is 4.71. The van der Waals surface area contributed by atoms with Gasteiger partial charge in [-0.1, -0.05) is 13.8 Å². The summed E-state index contributed by atoms with van der Waals surface area (Å²) in [6.45, 7) is 8.72. The Kier molecular flexibility index (Phi) is 2.97. The minimum Gasteiger partial charge on any atom is -0.497 e. The van der Waals surface area contributed by atoms with E-state index in [1.807, 2.05) is 0 Å². The lowest BCUT2D eigenvalue weighted by molar-refractivity contribution is 0.413. The van der Waals surface area contributed by atoms with E-state index < -0.39 is 0 Å². The van der Waals surface area contributed by atoms with Crippen molar-refractivity contribution >= 4 is 0 Å². The van der Waals surface area contributed by atoms with Gasteiger partial charge < -0.3 is 4.74 Å². The summed E-state index contributed by atoms with van der Waals surface area (Å²) in [5.41, 5.74) is 4.08. The van der Waals surface area contributed by atoms with Gasteiger partial charge in [-0.3, -0.25) is 0 Å². The molecule has 0 aliphatic carbocycles. The van der Waals surface area contributed by atoms with Gasteiger partial charge in [0.15, 0.2) is 0 Å². The van der Waals surface area contributed by atoms with Crippen LogP contribution in [0, 0.1) is 13.8 Å². The largest absolute Gasteiger partial charge is 0.497 e. The zero-order chi connectivity index (χ0) is 10.0. The zero-order valence-corrected chi connectivity index (χ0v) is 9.14. The monoisotopic (exact) mass is 178 g/mol. The summed E-state index contributed by atoms with van der Waals surface area (Å²) in [5, 5.41) is 0. The van der Waals surface area contributed by atoms with Crippen molar-refractivity contribution in [3.63, 3.8) is 0 Å². The first-order valence-corrected chi connectivity index (χ1v) is 4.71. The molecule has 0 amide bonds. The fourth-order valence-electron chi connectivity index (χ4n) is 1.57. The first-order chi connectivity index (χ1) is 6.06. The molecule has 0 saturated heterocycles. The number of hydrogen-bond acceptors (Lipinski definition) is 1. The maximum Gasteiger partial charge on any atom is 0.119 e. The molecular weight excluding hydrogens is 160 g/mol. The molecule has 0 heterocycles. The molecule has 0 N–H and O–H groups in total. The van der Waals surface area contributed by atoms with Crippen LogP contribution >= 0.6 is 0 Å². The Morgan fingerprint density at radius 2 is 1.77 bits per heavy atom. The Bertz CT molecular complexity index is 300. The average molecular weight is 178 g/mol. The summed E-state index contributed by atoms with van der Waals surface area (Å²) < 4.78 is 5.24. The molecule has 13 heavy (non-hydrogen) atoms. The molecule has 0 aromatic heterocycles. The summed E-state index contributed by atoms with van der Waals surface area (Å²) in [4.78, 5) is 0. The highest BCUT2D eigenvalue weighted by atomic mass is 16.5. The van der Waals surface area contributed by atoms with E-state index in [0.29, 0.717) is 5.92 Å². The van der Waals surface area contributed by atoms with E-state index in [0.717, 1.165) is 5.75 Å².